The average molecular weight is 306 g/mol. The van der Waals surface area contributed by atoms with Crippen LogP contribution in [0.4, 0.5) is 5.95 Å². The van der Waals surface area contributed by atoms with E-state index in [1.807, 2.05) is 12.4 Å². The van der Waals surface area contributed by atoms with Crippen LogP contribution in [0.2, 0.25) is 0 Å². The number of nitrogens with zero attached hydrogens (tertiary/aromatic N) is 3. The number of nitrogens with one attached hydrogen (secondary N) is 1. The van der Waals surface area contributed by atoms with Crippen LogP contribution in [0.3, 0.4) is 0 Å². The highest BCUT2D eigenvalue weighted by Crippen LogP contribution is 2.24. The molecule has 2 atom stereocenters. The second-order valence-electron chi connectivity index (χ2n) is 6.21. The Morgan fingerprint density at radius 3 is 2.64 bits per heavy atom. The molecule has 1 aromatic heterocycles. The van der Waals surface area contributed by atoms with Gasteiger partial charge >= 0.3 is 0 Å². The zero-order valence-corrected chi connectivity index (χ0v) is 13.1. The summed E-state index contributed by atoms with van der Waals surface area (Å²) in [6.45, 7) is 4.26. The molecule has 0 aromatic carbocycles. The Balaban J connectivity index is 1.52. The lowest BCUT2D eigenvalue weighted by Gasteiger charge is -2.31. The van der Waals surface area contributed by atoms with Crippen molar-refractivity contribution in [3.05, 3.63) is 18.0 Å². The van der Waals surface area contributed by atoms with Crippen molar-refractivity contribution in [3.8, 4) is 0 Å². The maximum Gasteiger partial charge on any atom is 0.225 e. The molecular formula is C16H26N4O2. The summed E-state index contributed by atoms with van der Waals surface area (Å²) < 4.78 is 5.34. The number of rotatable bonds is 5. The normalized spacial score (nSPS) is 26.1. The van der Waals surface area contributed by atoms with E-state index >= 15 is 0 Å². The fourth-order valence-corrected chi connectivity index (χ4v) is 3.31. The quantitative estimate of drug-likeness (QED) is 0.844. The second kappa shape index (κ2) is 7.85. The van der Waals surface area contributed by atoms with Gasteiger partial charge in [0.15, 0.2) is 0 Å². The van der Waals surface area contributed by atoms with Crippen LogP contribution in [0.15, 0.2) is 12.4 Å². The Labute approximate surface area is 131 Å². The minimum atomic E-state index is 0.282. The van der Waals surface area contributed by atoms with Crippen LogP contribution in [0.1, 0.15) is 31.2 Å². The lowest BCUT2D eigenvalue weighted by atomic mass is 9.85. The predicted molar refractivity (Wildman–Crippen MR) is 84.7 cm³/mol. The zero-order chi connectivity index (χ0) is 15.2. The standard InChI is InChI=1S/C16H26N4O2/c21-12-14-3-1-2-4-15(14)17-9-13-10-18-16(19-11-13)20-5-7-22-8-6-20/h10-11,14-15,17,21H,1-9,12H2. The van der Waals surface area contributed by atoms with Crippen molar-refractivity contribution in [2.45, 2.75) is 38.3 Å². The first-order valence-electron chi connectivity index (χ1n) is 8.34. The smallest absolute Gasteiger partial charge is 0.225 e. The number of aliphatic hydroxyl groups is 1. The fourth-order valence-electron chi connectivity index (χ4n) is 3.31. The third kappa shape index (κ3) is 3.94. The lowest BCUT2D eigenvalue weighted by Crippen LogP contribution is -2.40. The summed E-state index contributed by atoms with van der Waals surface area (Å²) in [5.41, 5.74) is 1.10. The summed E-state index contributed by atoms with van der Waals surface area (Å²) in [4.78, 5) is 11.1. The van der Waals surface area contributed by atoms with Crippen molar-refractivity contribution < 1.29 is 9.84 Å². The predicted octanol–water partition coefficient (Wildman–Crippen LogP) is 0.954. The van der Waals surface area contributed by atoms with Gasteiger partial charge in [0.2, 0.25) is 5.95 Å². The number of hydrogen-bond donors (Lipinski definition) is 2. The van der Waals surface area contributed by atoms with E-state index < -0.39 is 0 Å². The van der Waals surface area contributed by atoms with Gasteiger partial charge in [-0.2, -0.15) is 0 Å². The SMILES string of the molecule is OCC1CCCCC1NCc1cnc(N2CCOCC2)nc1. The van der Waals surface area contributed by atoms with Gasteiger partial charge in [-0.1, -0.05) is 12.8 Å². The molecule has 0 radical (unpaired) electrons. The van der Waals surface area contributed by atoms with E-state index in [0.717, 1.165) is 57.2 Å². The molecule has 0 amide bonds. The Morgan fingerprint density at radius 2 is 1.91 bits per heavy atom. The summed E-state index contributed by atoms with van der Waals surface area (Å²) in [5, 5.41) is 13.0. The largest absolute Gasteiger partial charge is 0.396 e. The zero-order valence-electron chi connectivity index (χ0n) is 13.1. The summed E-state index contributed by atoms with van der Waals surface area (Å²) in [7, 11) is 0. The van der Waals surface area contributed by atoms with Gasteiger partial charge in [0.1, 0.15) is 0 Å². The van der Waals surface area contributed by atoms with E-state index in [4.69, 9.17) is 4.74 Å². The lowest BCUT2D eigenvalue weighted by molar-refractivity contribution is 0.122. The van der Waals surface area contributed by atoms with Gasteiger partial charge < -0.3 is 20.1 Å². The van der Waals surface area contributed by atoms with Crippen LogP contribution in [0.5, 0.6) is 0 Å². The summed E-state index contributed by atoms with van der Waals surface area (Å²) in [6.07, 6.45) is 8.57. The molecule has 122 valence electrons. The van der Waals surface area contributed by atoms with Crippen LogP contribution in [0, 0.1) is 5.92 Å². The molecule has 1 saturated heterocycles. The first-order chi connectivity index (χ1) is 10.9. The van der Waals surface area contributed by atoms with Gasteiger partial charge in [-0.25, -0.2) is 9.97 Å². The summed E-state index contributed by atoms with van der Waals surface area (Å²) >= 11 is 0. The van der Waals surface area contributed by atoms with Crippen LogP contribution >= 0.6 is 0 Å². The molecule has 0 spiro atoms. The van der Waals surface area contributed by atoms with Crippen LogP contribution < -0.4 is 10.2 Å². The van der Waals surface area contributed by atoms with Crippen LogP contribution in [0.25, 0.3) is 0 Å². The second-order valence-corrected chi connectivity index (χ2v) is 6.21. The van der Waals surface area contributed by atoms with Crippen molar-refractivity contribution in [2.75, 3.05) is 37.8 Å². The van der Waals surface area contributed by atoms with Crippen molar-refractivity contribution >= 4 is 5.95 Å². The third-order valence-electron chi connectivity index (χ3n) is 4.70. The molecule has 1 aromatic rings. The number of aromatic nitrogens is 2. The molecule has 2 aliphatic rings. The molecule has 1 aliphatic carbocycles. The molecule has 6 nitrogen and oxygen atoms in total. The van der Waals surface area contributed by atoms with Crippen molar-refractivity contribution in [3.63, 3.8) is 0 Å². The highest BCUT2D eigenvalue weighted by molar-refractivity contribution is 5.30. The van der Waals surface area contributed by atoms with E-state index in [2.05, 4.69) is 20.2 Å². The first kappa shape index (κ1) is 15.6. The summed E-state index contributed by atoms with van der Waals surface area (Å²) in [6, 6.07) is 0.415. The van der Waals surface area contributed by atoms with E-state index in [1.165, 1.54) is 12.8 Å². The molecule has 6 heteroatoms. The van der Waals surface area contributed by atoms with Gasteiger partial charge in [0, 0.05) is 50.2 Å². The van der Waals surface area contributed by atoms with Gasteiger partial charge in [-0.15, -0.1) is 0 Å². The van der Waals surface area contributed by atoms with Crippen molar-refractivity contribution in [1.82, 2.24) is 15.3 Å². The molecule has 3 rings (SSSR count). The highest BCUT2D eigenvalue weighted by Gasteiger charge is 2.23. The van der Waals surface area contributed by atoms with Crippen LogP contribution in [-0.2, 0) is 11.3 Å². The van der Waals surface area contributed by atoms with Crippen molar-refractivity contribution in [1.29, 1.82) is 0 Å². The Kier molecular flexibility index (Phi) is 5.58. The fraction of sp³-hybridized carbons (Fsp3) is 0.750. The van der Waals surface area contributed by atoms with Crippen LogP contribution in [-0.4, -0.2) is 54.0 Å². The maximum atomic E-state index is 9.46. The topological polar surface area (TPSA) is 70.5 Å². The Bertz CT molecular complexity index is 448. The molecule has 2 N–H and O–H groups in total. The molecule has 1 aliphatic heterocycles. The number of ether oxygens (including phenoxy) is 1. The molecule has 2 fully saturated rings. The van der Waals surface area contributed by atoms with Gasteiger partial charge in [-0.3, -0.25) is 0 Å². The van der Waals surface area contributed by atoms with E-state index in [9.17, 15) is 5.11 Å². The third-order valence-corrected chi connectivity index (χ3v) is 4.70. The molecule has 0 bridgehead atoms. The van der Waals surface area contributed by atoms with E-state index in [-0.39, 0.29) is 6.61 Å². The summed E-state index contributed by atoms with van der Waals surface area (Å²) in [5.74, 6) is 1.18. The Morgan fingerprint density at radius 1 is 1.18 bits per heavy atom. The molecule has 2 heterocycles. The van der Waals surface area contributed by atoms with Gasteiger partial charge in [0.25, 0.3) is 0 Å². The number of aliphatic hydroxyl groups excluding tert-OH is 1. The minimum absolute atomic E-state index is 0.282. The van der Waals surface area contributed by atoms with Gasteiger partial charge in [-0.05, 0) is 18.8 Å². The molecular weight excluding hydrogens is 280 g/mol. The molecule has 22 heavy (non-hydrogen) atoms. The molecule has 1 saturated carbocycles. The Hall–Kier alpha value is -1.24. The maximum absolute atomic E-state index is 9.46. The van der Waals surface area contributed by atoms with E-state index in [0.29, 0.717) is 12.0 Å². The monoisotopic (exact) mass is 306 g/mol. The van der Waals surface area contributed by atoms with E-state index in [1.54, 1.807) is 0 Å². The van der Waals surface area contributed by atoms with Gasteiger partial charge in [0.05, 0.1) is 13.2 Å². The number of hydrogen-bond acceptors (Lipinski definition) is 6. The molecule has 2 unspecified atom stereocenters. The number of anilines is 1. The highest BCUT2D eigenvalue weighted by atomic mass is 16.5. The minimum Gasteiger partial charge on any atom is -0.396 e. The number of morpholine rings is 1. The first-order valence-corrected chi connectivity index (χ1v) is 8.34. The average Bonchev–Trinajstić information content (AvgIpc) is 2.61. The van der Waals surface area contributed by atoms with Crippen molar-refractivity contribution in [2.24, 2.45) is 5.92 Å².